The highest BCUT2D eigenvalue weighted by atomic mass is 79.9. The van der Waals surface area contributed by atoms with E-state index >= 15 is 0 Å². The standard InChI is InChI=1S/C11H9Br2N3O2/c12-8-1-2-9(13)15-10(8)11(17)16-3-4-18-6-7(16)5-14/h1-2,7H,3-4,6H2/t7-/m0/s1. The van der Waals surface area contributed by atoms with Crippen LogP contribution in [0.15, 0.2) is 21.2 Å². The third-order valence-corrected chi connectivity index (χ3v) is 3.63. The Balaban J connectivity index is 2.30. The van der Waals surface area contributed by atoms with E-state index in [1.165, 1.54) is 4.90 Å². The van der Waals surface area contributed by atoms with Crippen LogP contribution in [-0.4, -0.2) is 41.6 Å². The lowest BCUT2D eigenvalue weighted by molar-refractivity contribution is 0.0128. The number of hydrogen-bond acceptors (Lipinski definition) is 4. The summed E-state index contributed by atoms with van der Waals surface area (Å²) in [5, 5.41) is 9.02. The van der Waals surface area contributed by atoms with Crippen LogP contribution in [-0.2, 0) is 4.74 Å². The zero-order chi connectivity index (χ0) is 13.1. The van der Waals surface area contributed by atoms with Crippen LogP contribution >= 0.6 is 31.9 Å². The number of rotatable bonds is 1. The topological polar surface area (TPSA) is 66.2 Å². The molecule has 1 aromatic rings. The molecule has 2 heterocycles. The Hall–Kier alpha value is -0.970. The van der Waals surface area contributed by atoms with Crippen LogP contribution in [0, 0.1) is 11.3 Å². The van der Waals surface area contributed by atoms with Gasteiger partial charge in [0.1, 0.15) is 16.3 Å². The summed E-state index contributed by atoms with van der Waals surface area (Å²) in [6.07, 6.45) is 0. The van der Waals surface area contributed by atoms with Crippen molar-refractivity contribution in [3.05, 3.63) is 26.9 Å². The summed E-state index contributed by atoms with van der Waals surface area (Å²) in [6, 6.07) is 4.99. The van der Waals surface area contributed by atoms with Crippen molar-refractivity contribution < 1.29 is 9.53 Å². The highest BCUT2D eigenvalue weighted by Gasteiger charge is 2.29. The molecule has 7 heteroatoms. The number of ether oxygens (including phenoxy) is 1. The zero-order valence-electron chi connectivity index (χ0n) is 9.27. The Bertz CT molecular complexity index is 516. The quantitative estimate of drug-likeness (QED) is 0.705. The summed E-state index contributed by atoms with van der Waals surface area (Å²) in [5.41, 5.74) is 0.298. The van der Waals surface area contributed by atoms with E-state index in [1.54, 1.807) is 12.1 Å². The van der Waals surface area contributed by atoms with Gasteiger partial charge in [0.2, 0.25) is 0 Å². The normalized spacial score (nSPS) is 19.4. The summed E-state index contributed by atoms with van der Waals surface area (Å²) in [6.45, 7) is 1.08. The number of carbonyl (C=O) groups excluding carboxylic acids is 1. The van der Waals surface area contributed by atoms with Gasteiger partial charge < -0.3 is 9.64 Å². The van der Waals surface area contributed by atoms with Gasteiger partial charge >= 0.3 is 0 Å². The molecule has 18 heavy (non-hydrogen) atoms. The first-order chi connectivity index (χ1) is 8.63. The van der Waals surface area contributed by atoms with Gasteiger partial charge in [-0.3, -0.25) is 4.79 Å². The Morgan fingerprint density at radius 1 is 1.56 bits per heavy atom. The van der Waals surface area contributed by atoms with Crippen LogP contribution in [0.25, 0.3) is 0 Å². The first-order valence-corrected chi connectivity index (χ1v) is 6.82. The lowest BCUT2D eigenvalue weighted by Gasteiger charge is -2.31. The summed E-state index contributed by atoms with van der Waals surface area (Å²) >= 11 is 6.52. The van der Waals surface area contributed by atoms with Gasteiger partial charge in [-0.05, 0) is 44.0 Å². The fourth-order valence-electron chi connectivity index (χ4n) is 1.66. The van der Waals surface area contributed by atoms with E-state index < -0.39 is 6.04 Å². The largest absolute Gasteiger partial charge is 0.376 e. The van der Waals surface area contributed by atoms with Crippen LogP contribution < -0.4 is 0 Å². The van der Waals surface area contributed by atoms with Crippen molar-refractivity contribution in [2.45, 2.75) is 6.04 Å². The van der Waals surface area contributed by atoms with E-state index in [4.69, 9.17) is 10.00 Å². The maximum absolute atomic E-state index is 12.3. The number of nitrogens with zero attached hydrogens (tertiary/aromatic N) is 3. The molecule has 0 radical (unpaired) electrons. The van der Waals surface area contributed by atoms with E-state index in [1.807, 2.05) is 0 Å². The van der Waals surface area contributed by atoms with Crippen molar-refractivity contribution >= 4 is 37.8 Å². The van der Waals surface area contributed by atoms with Gasteiger partial charge in [-0.2, -0.15) is 5.26 Å². The Morgan fingerprint density at radius 2 is 2.33 bits per heavy atom. The molecule has 1 aromatic heterocycles. The number of amides is 1. The molecule has 0 spiro atoms. The number of halogens is 2. The van der Waals surface area contributed by atoms with Crippen molar-refractivity contribution in [2.24, 2.45) is 0 Å². The third kappa shape index (κ3) is 2.71. The third-order valence-electron chi connectivity index (χ3n) is 2.55. The zero-order valence-corrected chi connectivity index (χ0v) is 12.4. The van der Waals surface area contributed by atoms with Crippen LogP contribution in [0.1, 0.15) is 10.5 Å². The number of morpholine rings is 1. The minimum atomic E-state index is -0.557. The van der Waals surface area contributed by atoms with E-state index in [9.17, 15) is 4.79 Å². The molecule has 5 nitrogen and oxygen atoms in total. The highest BCUT2D eigenvalue weighted by molar-refractivity contribution is 9.11. The lowest BCUT2D eigenvalue weighted by atomic mass is 10.2. The molecule has 0 N–H and O–H groups in total. The Morgan fingerprint density at radius 3 is 3.06 bits per heavy atom. The van der Waals surface area contributed by atoms with Crippen molar-refractivity contribution in [1.29, 1.82) is 5.26 Å². The number of carbonyl (C=O) groups is 1. The Labute approximate surface area is 121 Å². The average molecular weight is 375 g/mol. The van der Waals surface area contributed by atoms with E-state index in [2.05, 4.69) is 42.9 Å². The van der Waals surface area contributed by atoms with Crippen molar-refractivity contribution in [3.8, 4) is 6.07 Å². The van der Waals surface area contributed by atoms with Crippen LogP contribution in [0.3, 0.4) is 0 Å². The molecule has 1 atom stereocenters. The maximum Gasteiger partial charge on any atom is 0.274 e. The minimum absolute atomic E-state index is 0.244. The predicted molar refractivity (Wildman–Crippen MR) is 70.9 cm³/mol. The highest BCUT2D eigenvalue weighted by Crippen LogP contribution is 2.21. The fraction of sp³-hybridized carbons (Fsp3) is 0.364. The second kappa shape index (κ2) is 5.78. The number of aromatic nitrogens is 1. The molecule has 1 fully saturated rings. The lowest BCUT2D eigenvalue weighted by Crippen LogP contribution is -2.48. The van der Waals surface area contributed by atoms with E-state index in [0.717, 1.165) is 0 Å². The average Bonchev–Trinajstić information content (AvgIpc) is 2.40. The van der Waals surface area contributed by atoms with Gasteiger partial charge in [-0.1, -0.05) is 0 Å². The van der Waals surface area contributed by atoms with E-state index in [0.29, 0.717) is 27.9 Å². The van der Waals surface area contributed by atoms with Crippen LogP contribution in [0.4, 0.5) is 0 Å². The van der Waals surface area contributed by atoms with Crippen molar-refractivity contribution in [2.75, 3.05) is 19.8 Å². The fourth-order valence-corrected chi connectivity index (χ4v) is 2.36. The first kappa shape index (κ1) is 13.5. The molecule has 0 unspecified atom stereocenters. The Kier molecular flexibility index (Phi) is 4.32. The van der Waals surface area contributed by atoms with Crippen LogP contribution in [0.5, 0.6) is 0 Å². The van der Waals surface area contributed by atoms with Gasteiger partial charge in [0, 0.05) is 11.0 Å². The molecule has 2 rings (SSSR count). The van der Waals surface area contributed by atoms with Gasteiger partial charge in [-0.15, -0.1) is 0 Å². The molecule has 1 amide bonds. The number of hydrogen-bond donors (Lipinski definition) is 0. The molecule has 94 valence electrons. The molecule has 0 aromatic carbocycles. The number of nitriles is 1. The molecule has 0 saturated carbocycles. The van der Waals surface area contributed by atoms with Gasteiger partial charge in [-0.25, -0.2) is 4.98 Å². The monoisotopic (exact) mass is 373 g/mol. The smallest absolute Gasteiger partial charge is 0.274 e. The predicted octanol–water partition coefficient (Wildman–Crippen LogP) is 1.97. The number of pyridine rings is 1. The minimum Gasteiger partial charge on any atom is -0.376 e. The second-order valence-electron chi connectivity index (χ2n) is 3.68. The molecule has 1 saturated heterocycles. The van der Waals surface area contributed by atoms with Crippen molar-refractivity contribution in [3.63, 3.8) is 0 Å². The molecular weight excluding hydrogens is 366 g/mol. The summed E-state index contributed by atoms with van der Waals surface area (Å²) in [4.78, 5) is 18.0. The molecule has 0 bridgehead atoms. The summed E-state index contributed by atoms with van der Waals surface area (Å²) < 4.78 is 6.37. The summed E-state index contributed by atoms with van der Waals surface area (Å²) in [7, 11) is 0. The molecular formula is C11H9Br2N3O2. The molecule has 1 aliphatic rings. The maximum atomic E-state index is 12.3. The first-order valence-electron chi connectivity index (χ1n) is 5.24. The SMILES string of the molecule is N#C[C@H]1COCCN1C(=O)c1nc(Br)ccc1Br. The van der Waals surface area contributed by atoms with Crippen LogP contribution in [0.2, 0.25) is 0 Å². The van der Waals surface area contributed by atoms with Gasteiger partial charge in [0.05, 0.1) is 19.3 Å². The van der Waals surface area contributed by atoms with Gasteiger partial charge in [0.25, 0.3) is 5.91 Å². The molecule has 1 aliphatic heterocycles. The van der Waals surface area contributed by atoms with Crippen molar-refractivity contribution in [1.82, 2.24) is 9.88 Å². The van der Waals surface area contributed by atoms with Gasteiger partial charge in [0.15, 0.2) is 0 Å². The second-order valence-corrected chi connectivity index (χ2v) is 5.35. The van der Waals surface area contributed by atoms with E-state index in [-0.39, 0.29) is 12.5 Å². The summed E-state index contributed by atoms with van der Waals surface area (Å²) in [5.74, 6) is -0.266. The molecule has 0 aliphatic carbocycles.